The Labute approximate surface area is 207 Å². The van der Waals surface area contributed by atoms with E-state index in [0.29, 0.717) is 24.6 Å². The highest BCUT2D eigenvalue weighted by Crippen LogP contribution is 2.29. The first-order valence-corrected chi connectivity index (χ1v) is 12.5. The quantitative estimate of drug-likeness (QED) is 0.399. The second-order valence-electron chi connectivity index (χ2n) is 8.88. The minimum Gasteiger partial charge on any atom is -0.483 e. The van der Waals surface area contributed by atoms with Crippen molar-refractivity contribution in [1.29, 1.82) is 0 Å². The number of benzene rings is 2. The van der Waals surface area contributed by atoms with Gasteiger partial charge in [0.15, 0.2) is 6.61 Å². The molecule has 2 rings (SSSR count). The van der Waals surface area contributed by atoms with Crippen molar-refractivity contribution in [2.24, 2.45) is 0 Å². The van der Waals surface area contributed by atoms with E-state index in [1.165, 1.54) is 5.56 Å². The molecule has 0 aliphatic rings. The summed E-state index contributed by atoms with van der Waals surface area (Å²) in [6, 6.07) is 13.4. The van der Waals surface area contributed by atoms with Gasteiger partial charge in [0.1, 0.15) is 11.8 Å². The fourth-order valence-electron chi connectivity index (χ4n) is 3.47. The van der Waals surface area contributed by atoms with E-state index >= 15 is 0 Å². The van der Waals surface area contributed by atoms with E-state index < -0.39 is 6.04 Å². The van der Waals surface area contributed by atoms with E-state index in [1.54, 1.807) is 4.90 Å². The van der Waals surface area contributed by atoms with Crippen molar-refractivity contribution in [1.82, 2.24) is 10.2 Å². The lowest BCUT2D eigenvalue weighted by Crippen LogP contribution is -2.51. The molecule has 0 radical (unpaired) electrons. The van der Waals surface area contributed by atoms with Crippen molar-refractivity contribution < 1.29 is 14.3 Å². The average molecular weight is 518 g/mol. The third-order valence-corrected chi connectivity index (χ3v) is 6.45. The smallest absolute Gasteiger partial charge is 0.261 e. The SMILES string of the molecule is CC[C@@H](C)NC(=O)[C@@H](CC)N(Cc1ccc(C)cc1)C(=O)COc1ccc(C(C)C)cc1Br. The van der Waals surface area contributed by atoms with E-state index in [1.807, 2.05) is 70.2 Å². The number of amides is 2. The van der Waals surface area contributed by atoms with Crippen molar-refractivity contribution in [3.63, 3.8) is 0 Å². The number of hydrogen-bond acceptors (Lipinski definition) is 3. The zero-order valence-electron chi connectivity index (χ0n) is 20.7. The molecule has 0 fully saturated rings. The maximum Gasteiger partial charge on any atom is 0.261 e. The Balaban J connectivity index is 2.22. The predicted octanol–water partition coefficient (Wildman–Crippen LogP) is 5.98. The van der Waals surface area contributed by atoms with Gasteiger partial charge in [0, 0.05) is 12.6 Å². The van der Waals surface area contributed by atoms with Crippen LogP contribution in [0.2, 0.25) is 0 Å². The van der Waals surface area contributed by atoms with Crippen molar-refractivity contribution in [3.05, 3.63) is 63.6 Å². The molecule has 180 valence electrons. The standard InChI is InChI=1S/C27H37BrN2O3/c1-7-20(6)29-27(32)24(8-2)30(16-21-11-9-19(5)10-12-21)26(31)17-33-25-14-13-22(18(3)4)15-23(25)28/h9-15,18,20,24H,7-8,16-17H2,1-6H3,(H,29,32)/t20-,24-/m1/s1. The Morgan fingerprint density at radius 3 is 2.24 bits per heavy atom. The first-order valence-electron chi connectivity index (χ1n) is 11.7. The number of carbonyl (C=O) groups is 2. The first kappa shape index (κ1) is 26.9. The minimum atomic E-state index is -0.567. The Kier molecular flexibility index (Phi) is 10.4. The van der Waals surface area contributed by atoms with E-state index in [0.717, 1.165) is 22.0 Å². The maximum absolute atomic E-state index is 13.3. The Bertz CT molecular complexity index is 927. The molecule has 1 N–H and O–H groups in total. The van der Waals surface area contributed by atoms with Crippen LogP contribution < -0.4 is 10.1 Å². The molecule has 2 atom stereocenters. The lowest BCUT2D eigenvalue weighted by atomic mass is 10.0. The van der Waals surface area contributed by atoms with Gasteiger partial charge in [-0.2, -0.15) is 0 Å². The van der Waals surface area contributed by atoms with Crippen LogP contribution in [0, 0.1) is 6.92 Å². The van der Waals surface area contributed by atoms with Gasteiger partial charge in [-0.15, -0.1) is 0 Å². The van der Waals surface area contributed by atoms with Crippen LogP contribution in [0.15, 0.2) is 46.9 Å². The number of ether oxygens (including phenoxy) is 1. The van der Waals surface area contributed by atoms with Gasteiger partial charge in [-0.1, -0.05) is 63.6 Å². The first-order chi connectivity index (χ1) is 15.7. The molecule has 5 nitrogen and oxygen atoms in total. The number of hydrogen-bond donors (Lipinski definition) is 1. The van der Waals surface area contributed by atoms with Crippen molar-refractivity contribution in [3.8, 4) is 5.75 Å². The molecule has 0 saturated heterocycles. The predicted molar refractivity (Wildman–Crippen MR) is 137 cm³/mol. The summed E-state index contributed by atoms with van der Waals surface area (Å²) in [4.78, 5) is 28.0. The van der Waals surface area contributed by atoms with E-state index in [2.05, 4.69) is 35.1 Å². The average Bonchev–Trinajstić information content (AvgIpc) is 2.78. The number of halogens is 1. The molecule has 0 aromatic heterocycles. The van der Waals surface area contributed by atoms with Crippen LogP contribution >= 0.6 is 15.9 Å². The van der Waals surface area contributed by atoms with Crippen LogP contribution in [-0.2, 0) is 16.1 Å². The highest BCUT2D eigenvalue weighted by molar-refractivity contribution is 9.10. The van der Waals surface area contributed by atoms with Gasteiger partial charge >= 0.3 is 0 Å². The number of rotatable bonds is 11. The minimum absolute atomic E-state index is 0.0505. The summed E-state index contributed by atoms with van der Waals surface area (Å²) in [5.41, 5.74) is 3.32. The molecule has 0 bridgehead atoms. The highest BCUT2D eigenvalue weighted by Gasteiger charge is 2.29. The highest BCUT2D eigenvalue weighted by atomic mass is 79.9. The van der Waals surface area contributed by atoms with Gasteiger partial charge in [0.2, 0.25) is 5.91 Å². The summed E-state index contributed by atoms with van der Waals surface area (Å²) in [5.74, 6) is 0.660. The molecule has 33 heavy (non-hydrogen) atoms. The number of nitrogens with zero attached hydrogens (tertiary/aromatic N) is 1. The largest absolute Gasteiger partial charge is 0.483 e. The fourth-order valence-corrected chi connectivity index (χ4v) is 3.98. The summed E-state index contributed by atoms with van der Waals surface area (Å²) >= 11 is 3.55. The van der Waals surface area contributed by atoms with Gasteiger partial charge in [0.25, 0.3) is 5.91 Å². The zero-order valence-corrected chi connectivity index (χ0v) is 22.2. The van der Waals surface area contributed by atoms with Gasteiger partial charge < -0.3 is 15.0 Å². The topological polar surface area (TPSA) is 58.6 Å². The molecular formula is C27H37BrN2O3. The summed E-state index contributed by atoms with van der Waals surface area (Å²) in [7, 11) is 0. The van der Waals surface area contributed by atoms with Gasteiger partial charge in [-0.3, -0.25) is 9.59 Å². The molecule has 0 spiro atoms. The fraction of sp³-hybridized carbons (Fsp3) is 0.481. The molecule has 6 heteroatoms. The molecule has 0 saturated carbocycles. The van der Waals surface area contributed by atoms with Gasteiger partial charge in [-0.25, -0.2) is 0 Å². The molecule has 0 aliphatic carbocycles. The molecule has 0 heterocycles. The van der Waals surface area contributed by atoms with E-state index in [4.69, 9.17) is 4.74 Å². The molecule has 2 aromatic rings. The second kappa shape index (κ2) is 12.8. The van der Waals surface area contributed by atoms with Crippen molar-refractivity contribution in [2.75, 3.05) is 6.61 Å². The molecule has 0 aliphatic heterocycles. The molecule has 2 amide bonds. The Hall–Kier alpha value is -2.34. The third-order valence-electron chi connectivity index (χ3n) is 5.83. The number of aryl methyl sites for hydroxylation is 1. The third kappa shape index (κ3) is 7.88. The van der Waals surface area contributed by atoms with E-state index in [-0.39, 0.29) is 24.5 Å². The molecular weight excluding hydrogens is 480 g/mol. The zero-order chi connectivity index (χ0) is 24.5. The number of nitrogens with one attached hydrogen (secondary N) is 1. The second-order valence-corrected chi connectivity index (χ2v) is 9.74. The van der Waals surface area contributed by atoms with Crippen LogP contribution in [0.1, 0.15) is 70.1 Å². The molecule has 0 unspecified atom stereocenters. The monoisotopic (exact) mass is 516 g/mol. The lowest BCUT2D eigenvalue weighted by molar-refractivity contribution is -0.143. The van der Waals surface area contributed by atoms with Crippen LogP contribution in [0.3, 0.4) is 0 Å². The Morgan fingerprint density at radius 1 is 1.03 bits per heavy atom. The van der Waals surface area contributed by atoms with Crippen LogP contribution in [-0.4, -0.2) is 35.4 Å². The van der Waals surface area contributed by atoms with Crippen LogP contribution in [0.5, 0.6) is 5.75 Å². The molecule has 2 aromatic carbocycles. The summed E-state index contributed by atoms with van der Waals surface area (Å²) in [6.45, 7) is 12.4. The van der Waals surface area contributed by atoms with Gasteiger partial charge in [0.05, 0.1) is 4.47 Å². The summed E-state index contributed by atoms with van der Waals surface area (Å²) < 4.78 is 6.69. The van der Waals surface area contributed by atoms with Crippen molar-refractivity contribution in [2.45, 2.75) is 78.9 Å². The maximum atomic E-state index is 13.3. The lowest BCUT2D eigenvalue weighted by Gasteiger charge is -2.31. The van der Waals surface area contributed by atoms with Gasteiger partial charge in [-0.05, 0) is 71.8 Å². The van der Waals surface area contributed by atoms with Crippen LogP contribution in [0.4, 0.5) is 0 Å². The normalized spacial score (nSPS) is 12.8. The summed E-state index contributed by atoms with van der Waals surface area (Å²) in [6.07, 6.45) is 1.35. The van der Waals surface area contributed by atoms with Crippen molar-refractivity contribution >= 4 is 27.7 Å². The van der Waals surface area contributed by atoms with Crippen LogP contribution in [0.25, 0.3) is 0 Å². The Morgan fingerprint density at radius 2 is 1.70 bits per heavy atom. The van der Waals surface area contributed by atoms with E-state index in [9.17, 15) is 9.59 Å². The summed E-state index contributed by atoms with van der Waals surface area (Å²) in [5, 5.41) is 3.03. The number of carbonyl (C=O) groups excluding carboxylic acids is 2.